The van der Waals surface area contributed by atoms with Crippen LogP contribution in [-0.2, 0) is 16.1 Å². The van der Waals surface area contributed by atoms with Gasteiger partial charge >= 0.3 is 5.69 Å². The Morgan fingerprint density at radius 3 is 2.77 bits per heavy atom. The van der Waals surface area contributed by atoms with Crippen LogP contribution in [0, 0.1) is 28.4 Å². The number of benzene rings is 1. The number of carbonyl (C=O) groups excluding carboxylic acids is 1. The average Bonchev–Trinajstić information content (AvgIpc) is 2.71. The maximum absolute atomic E-state index is 12.0. The third-order valence-corrected chi connectivity index (χ3v) is 4.87. The minimum Gasteiger partial charge on any atom is -0.507 e. The molecule has 2 aromatic rings. The van der Waals surface area contributed by atoms with Crippen molar-refractivity contribution in [2.24, 2.45) is 5.10 Å². The molecule has 0 fully saturated rings. The van der Waals surface area contributed by atoms with Crippen molar-refractivity contribution >= 4 is 33.7 Å². The maximum atomic E-state index is 12.0. The molecule has 1 amide bonds. The largest absolute Gasteiger partial charge is 0.507 e. The molecule has 0 spiro atoms. The number of aryl methyl sites for hydroxylation is 1. The van der Waals surface area contributed by atoms with E-state index in [1.54, 1.807) is 6.92 Å². The number of hydrogen-bond acceptors (Lipinski definition) is 10. The highest BCUT2D eigenvalue weighted by Crippen LogP contribution is 2.32. The van der Waals surface area contributed by atoms with Gasteiger partial charge in [0.1, 0.15) is 17.4 Å². The maximum Gasteiger partial charge on any atom is 0.311 e. The zero-order valence-electron chi connectivity index (χ0n) is 16.2. The molecule has 12 nitrogen and oxygen atoms in total. The van der Waals surface area contributed by atoms with Gasteiger partial charge in [-0.3, -0.25) is 14.9 Å². The highest BCUT2D eigenvalue weighted by Gasteiger charge is 2.19. The molecule has 0 bridgehead atoms. The first-order valence-electron chi connectivity index (χ1n) is 8.42. The second-order valence-corrected chi connectivity index (χ2v) is 6.75. The first-order chi connectivity index (χ1) is 14.7. The molecule has 0 saturated carbocycles. The molecule has 31 heavy (non-hydrogen) atoms. The molecule has 1 heterocycles. The first kappa shape index (κ1) is 23.5. The van der Waals surface area contributed by atoms with Gasteiger partial charge in [-0.2, -0.15) is 10.4 Å². The lowest BCUT2D eigenvalue weighted by atomic mass is 10.1. The summed E-state index contributed by atoms with van der Waals surface area (Å²) in [6, 6.07) is 3.64. The Hall–Kier alpha value is -3.76. The average molecular weight is 494 g/mol. The summed E-state index contributed by atoms with van der Waals surface area (Å²) in [7, 11) is 1.47. The molecule has 0 aliphatic carbocycles. The van der Waals surface area contributed by atoms with Crippen molar-refractivity contribution in [1.82, 2.24) is 10.4 Å². The highest BCUT2D eigenvalue weighted by atomic mass is 79.9. The number of aromatic hydroxyl groups is 2. The van der Waals surface area contributed by atoms with E-state index in [0.717, 1.165) is 18.3 Å². The summed E-state index contributed by atoms with van der Waals surface area (Å²) in [5, 5.41) is 43.0. The number of phenolic OH excluding ortho intramolecular Hbond substituents is 2. The van der Waals surface area contributed by atoms with Crippen molar-refractivity contribution in [3.05, 3.63) is 49.1 Å². The molecule has 0 radical (unpaired) electrons. The number of amides is 1. The van der Waals surface area contributed by atoms with Crippen molar-refractivity contribution in [2.45, 2.75) is 13.5 Å². The van der Waals surface area contributed by atoms with Crippen LogP contribution in [0.2, 0.25) is 0 Å². The van der Waals surface area contributed by atoms with E-state index >= 15 is 0 Å². The van der Waals surface area contributed by atoms with Crippen LogP contribution in [0.15, 0.2) is 21.7 Å². The third-order valence-electron chi connectivity index (χ3n) is 3.82. The standard InChI is InChI=1S/C18H16BrN5O7/c1-9-17(19)12(7-30-2)11(5-20)18(22-9)31-8-16(27)23-21-6-10-3-13(24(28)29)15(26)4-14(10)25/h3-4,6,25-26H,7-8H2,1-2H3,(H,23,27). The van der Waals surface area contributed by atoms with E-state index in [1.807, 2.05) is 6.07 Å². The summed E-state index contributed by atoms with van der Waals surface area (Å²) in [5.74, 6) is -1.96. The lowest BCUT2D eigenvalue weighted by Gasteiger charge is -2.13. The number of rotatable bonds is 8. The molecule has 0 saturated heterocycles. The fourth-order valence-electron chi connectivity index (χ4n) is 2.39. The summed E-state index contributed by atoms with van der Waals surface area (Å²) in [4.78, 5) is 26.1. The number of halogens is 1. The topological polar surface area (TPSA) is 180 Å². The molecule has 0 aliphatic rings. The quantitative estimate of drug-likeness (QED) is 0.281. The molecule has 1 aromatic heterocycles. The van der Waals surface area contributed by atoms with Gasteiger partial charge in [0, 0.05) is 34.8 Å². The fraction of sp³-hybridized carbons (Fsp3) is 0.222. The van der Waals surface area contributed by atoms with E-state index in [2.05, 4.69) is 31.4 Å². The van der Waals surface area contributed by atoms with Crippen LogP contribution in [0.1, 0.15) is 22.4 Å². The van der Waals surface area contributed by atoms with Crippen LogP contribution >= 0.6 is 15.9 Å². The Labute approximate surface area is 184 Å². The van der Waals surface area contributed by atoms with Gasteiger partial charge in [-0.15, -0.1) is 0 Å². The Morgan fingerprint density at radius 2 is 2.16 bits per heavy atom. The van der Waals surface area contributed by atoms with Gasteiger partial charge in [-0.25, -0.2) is 10.4 Å². The van der Waals surface area contributed by atoms with Crippen molar-refractivity contribution in [1.29, 1.82) is 5.26 Å². The lowest BCUT2D eigenvalue weighted by Crippen LogP contribution is -2.25. The van der Waals surface area contributed by atoms with E-state index in [4.69, 9.17) is 9.47 Å². The normalized spacial score (nSPS) is 10.6. The van der Waals surface area contributed by atoms with Gasteiger partial charge in [0.2, 0.25) is 5.88 Å². The molecule has 13 heteroatoms. The van der Waals surface area contributed by atoms with Crippen LogP contribution in [0.3, 0.4) is 0 Å². The number of hydrazone groups is 1. The Balaban J connectivity index is 2.09. The Morgan fingerprint density at radius 1 is 1.45 bits per heavy atom. The third kappa shape index (κ3) is 5.65. The van der Waals surface area contributed by atoms with Gasteiger partial charge in [0.15, 0.2) is 12.4 Å². The second-order valence-electron chi connectivity index (χ2n) is 5.95. The Kier molecular flexibility index (Phi) is 7.83. The molecular formula is C18H16BrN5O7. The van der Waals surface area contributed by atoms with E-state index in [9.17, 15) is 30.4 Å². The number of hydrogen-bond donors (Lipinski definition) is 3. The van der Waals surface area contributed by atoms with Crippen LogP contribution < -0.4 is 10.2 Å². The van der Waals surface area contributed by atoms with Crippen molar-refractivity contribution in [3.8, 4) is 23.4 Å². The van der Waals surface area contributed by atoms with Gasteiger partial charge in [-0.05, 0) is 22.9 Å². The predicted molar refractivity (Wildman–Crippen MR) is 110 cm³/mol. The zero-order valence-corrected chi connectivity index (χ0v) is 17.8. The summed E-state index contributed by atoms with van der Waals surface area (Å²) in [6.45, 7) is 1.28. The number of ether oxygens (including phenoxy) is 2. The number of phenols is 2. The Bertz CT molecular complexity index is 1100. The summed E-state index contributed by atoms with van der Waals surface area (Å²) >= 11 is 3.34. The van der Waals surface area contributed by atoms with Crippen LogP contribution in [0.4, 0.5) is 5.69 Å². The number of nitriles is 1. The summed E-state index contributed by atoms with van der Waals surface area (Å²) in [5.41, 5.74) is 2.53. The van der Waals surface area contributed by atoms with E-state index in [0.29, 0.717) is 15.7 Å². The molecule has 162 valence electrons. The van der Waals surface area contributed by atoms with Crippen LogP contribution in [0.25, 0.3) is 0 Å². The van der Waals surface area contributed by atoms with Gasteiger partial charge in [0.25, 0.3) is 5.91 Å². The number of carbonyl (C=O) groups is 1. The second kappa shape index (κ2) is 10.3. The predicted octanol–water partition coefficient (Wildman–Crippen LogP) is 2.02. The van der Waals surface area contributed by atoms with Gasteiger partial charge < -0.3 is 19.7 Å². The minimum absolute atomic E-state index is 0.0545. The van der Waals surface area contributed by atoms with Crippen molar-refractivity contribution < 1.29 is 29.4 Å². The number of aromatic nitrogens is 1. The number of nitrogens with one attached hydrogen (secondary N) is 1. The van der Waals surface area contributed by atoms with Crippen LogP contribution in [0.5, 0.6) is 17.4 Å². The molecule has 0 unspecified atom stereocenters. The molecule has 2 rings (SSSR count). The fourth-order valence-corrected chi connectivity index (χ4v) is 2.79. The monoisotopic (exact) mass is 493 g/mol. The summed E-state index contributed by atoms with van der Waals surface area (Å²) < 4.78 is 11.0. The summed E-state index contributed by atoms with van der Waals surface area (Å²) in [6.07, 6.45) is 0.957. The lowest BCUT2D eigenvalue weighted by molar-refractivity contribution is -0.385. The smallest absolute Gasteiger partial charge is 0.311 e. The minimum atomic E-state index is -0.837. The van der Waals surface area contributed by atoms with Crippen LogP contribution in [-0.4, -0.2) is 46.0 Å². The molecule has 0 atom stereocenters. The number of nitro groups is 1. The highest BCUT2D eigenvalue weighted by molar-refractivity contribution is 9.10. The SMILES string of the molecule is COCc1c(Br)c(C)nc(OCC(=O)NN=Cc2cc([N+](=O)[O-])c(O)cc2O)c1C#N. The number of nitrogens with zero attached hydrogens (tertiary/aromatic N) is 4. The van der Waals surface area contributed by atoms with E-state index in [1.165, 1.54) is 7.11 Å². The number of pyridine rings is 1. The van der Waals surface area contributed by atoms with Crippen molar-refractivity contribution in [3.63, 3.8) is 0 Å². The van der Waals surface area contributed by atoms with Gasteiger partial charge in [0.05, 0.1) is 23.4 Å². The molecule has 0 aliphatic heterocycles. The van der Waals surface area contributed by atoms with E-state index < -0.39 is 34.6 Å². The molecular weight excluding hydrogens is 478 g/mol. The van der Waals surface area contributed by atoms with Gasteiger partial charge in [-0.1, -0.05) is 0 Å². The van der Waals surface area contributed by atoms with E-state index in [-0.39, 0.29) is 23.6 Å². The molecule has 1 aromatic carbocycles. The zero-order chi connectivity index (χ0) is 23.1. The molecule has 3 N–H and O–H groups in total. The number of nitro benzene ring substituents is 1. The van der Waals surface area contributed by atoms with Crippen molar-refractivity contribution in [2.75, 3.05) is 13.7 Å². The number of methoxy groups -OCH3 is 1. The first-order valence-corrected chi connectivity index (χ1v) is 9.21.